The van der Waals surface area contributed by atoms with Crippen molar-refractivity contribution in [3.05, 3.63) is 57.9 Å². The largest absolute Gasteiger partial charge is 0.351 e. The summed E-state index contributed by atoms with van der Waals surface area (Å²) in [5, 5.41) is 20.1. The summed E-state index contributed by atoms with van der Waals surface area (Å²) in [5.74, 6) is -0.807. The van der Waals surface area contributed by atoms with Crippen LogP contribution in [0.3, 0.4) is 0 Å². The van der Waals surface area contributed by atoms with Gasteiger partial charge in [0, 0.05) is 31.8 Å². The average Bonchev–Trinajstić information content (AvgIpc) is 2.98. The number of aryl methyl sites for hydroxylation is 1. The Hall–Kier alpha value is -3.49. The van der Waals surface area contributed by atoms with Crippen molar-refractivity contribution in [1.82, 2.24) is 15.1 Å². The fourth-order valence-corrected chi connectivity index (χ4v) is 2.21. The highest BCUT2D eigenvalue weighted by Gasteiger charge is 2.17. The molecule has 0 aliphatic carbocycles. The number of carbonyl (C=O) groups is 2. The van der Waals surface area contributed by atoms with Crippen molar-refractivity contribution >= 4 is 29.3 Å². The van der Waals surface area contributed by atoms with Crippen LogP contribution in [0.1, 0.15) is 29.4 Å². The number of rotatable bonds is 7. The Kier molecular flexibility index (Phi) is 6.20. The second-order valence-corrected chi connectivity index (χ2v) is 5.46. The van der Waals surface area contributed by atoms with Gasteiger partial charge in [0.15, 0.2) is 0 Å². The normalized spacial score (nSPS) is 10.7. The van der Waals surface area contributed by atoms with Crippen LogP contribution in [-0.4, -0.2) is 33.1 Å². The molecule has 0 aliphatic rings. The van der Waals surface area contributed by atoms with Crippen LogP contribution in [0.5, 0.6) is 0 Å². The van der Waals surface area contributed by atoms with Crippen LogP contribution >= 0.6 is 0 Å². The smallest absolute Gasteiger partial charge is 0.271 e. The molecule has 0 saturated heterocycles. The van der Waals surface area contributed by atoms with Crippen molar-refractivity contribution in [3.63, 3.8) is 0 Å². The third kappa shape index (κ3) is 4.76. The molecule has 26 heavy (non-hydrogen) atoms. The molecule has 1 heterocycles. The SMILES string of the molecule is CCCNC(=O)c1c(NC(=O)/C=C/c2cccc([N+](=O)[O-])c2)cnn1C. The summed E-state index contributed by atoms with van der Waals surface area (Å²) in [4.78, 5) is 34.5. The van der Waals surface area contributed by atoms with Crippen LogP contribution < -0.4 is 10.6 Å². The van der Waals surface area contributed by atoms with Crippen LogP contribution in [0, 0.1) is 10.1 Å². The number of aromatic nitrogens is 2. The lowest BCUT2D eigenvalue weighted by atomic mass is 10.2. The Morgan fingerprint density at radius 1 is 1.38 bits per heavy atom. The second kappa shape index (κ2) is 8.56. The van der Waals surface area contributed by atoms with Gasteiger partial charge in [-0.15, -0.1) is 0 Å². The number of nitrogens with one attached hydrogen (secondary N) is 2. The van der Waals surface area contributed by atoms with Crippen molar-refractivity contribution < 1.29 is 14.5 Å². The van der Waals surface area contributed by atoms with E-state index in [1.165, 1.54) is 41.2 Å². The predicted octanol–water partition coefficient (Wildman–Crippen LogP) is 2.12. The van der Waals surface area contributed by atoms with Gasteiger partial charge < -0.3 is 10.6 Å². The van der Waals surface area contributed by atoms with Crippen LogP contribution in [0.25, 0.3) is 6.08 Å². The lowest BCUT2D eigenvalue weighted by molar-refractivity contribution is -0.384. The topological polar surface area (TPSA) is 119 Å². The first-order chi connectivity index (χ1) is 12.4. The maximum atomic E-state index is 12.2. The Bertz CT molecular complexity index is 857. The van der Waals surface area contributed by atoms with Gasteiger partial charge in [0.1, 0.15) is 5.69 Å². The number of amides is 2. The number of anilines is 1. The summed E-state index contributed by atoms with van der Waals surface area (Å²) in [7, 11) is 1.61. The highest BCUT2D eigenvalue weighted by Crippen LogP contribution is 2.16. The highest BCUT2D eigenvalue weighted by atomic mass is 16.6. The van der Waals surface area contributed by atoms with Gasteiger partial charge in [0.05, 0.1) is 16.8 Å². The zero-order valence-electron chi connectivity index (χ0n) is 14.4. The molecule has 0 bridgehead atoms. The lowest BCUT2D eigenvalue weighted by Crippen LogP contribution is -2.27. The monoisotopic (exact) mass is 357 g/mol. The number of nitro benzene ring substituents is 1. The fourth-order valence-electron chi connectivity index (χ4n) is 2.21. The molecule has 0 radical (unpaired) electrons. The summed E-state index contributed by atoms with van der Waals surface area (Å²) < 4.78 is 1.38. The molecule has 136 valence electrons. The predicted molar refractivity (Wildman–Crippen MR) is 96.6 cm³/mol. The minimum absolute atomic E-state index is 0.0605. The lowest BCUT2D eigenvalue weighted by Gasteiger charge is -2.07. The summed E-state index contributed by atoms with van der Waals surface area (Å²) in [6, 6.07) is 5.91. The summed E-state index contributed by atoms with van der Waals surface area (Å²) in [6.07, 6.45) is 4.87. The maximum Gasteiger partial charge on any atom is 0.271 e. The first-order valence-electron chi connectivity index (χ1n) is 7.96. The zero-order chi connectivity index (χ0) is 19.1. The number of hydrogen-bond donors (Lipinski definition) is 2. The van der Waals surface area contributed by atoms with E-state index in [-0.39, 0.29) is 23.0 Å². The number of nitro groups is 1. The highest BCUT2D eigenvalue weighted by molar-refractivity contribution is 6.06. The first kappa shape index (κ1) is 18.8. The van der Waals surface area contributed by atoms with Crippen LogP contribution in [0.4, 0.5) is 11.4 Å². The van der Waals surface area contributed by atoms with Crippen LogP contribution in [0.2, 0.25) is 0 Å². The molecule has 9 nitrogen and oxygen atoms in total. The molecule has 1 aromatic carbocycles. The van der Waals surface area contributed by atoms with Gasteiger partial charge >= 0.3 is 0 Å². The van der Waals surface area contributed by atoms with Crippen molar-refractivity contribution in [2.24, 2.45) is 7.05 Å². The number of benzene rings is 1. The third-order valence-electron chi connectivity index (χ3n) is 3.46. The van der Waals surface area contributed by atoms with E-state index in [2.05, 4.69) is 15.7 Å². The van der Waals surface area contributed by atoms with E-state index in [0.29, 0.717) is 12.1 Å². The second-order valence-electron chi connectivity index (χ2n) is 5.46. The summed E-state index contributed by atoms with van der Waals surface area (Å²) in [6.45, 7) is 2.45. The van der Waals surface area contributed by atoms with Crippen LogP contribution in [-0.2, 0) is 11.8 Å². The molecule has 0 spiro atoms. The van der Waals surface area contributed by atoms with Gasteiger partial charge in [-0.25, -0.2) is 0 Å². The van der Waals surface area contributed by atoms with E-state index < -0.39 is 10.8 Å². The minimum Gasteiger partial charge on any atom is -0.351 e. The number of hydrogen-bond acceptors (Lipinski definition) is 5. The van der Waals surface area contributed by atoms with Gasteiger partial charge in [-0.3, -0.25) is 24.4 Å². The fraction of sp³-hybridized carbons (Fsp3) is 0.235. The van der Waals surface area contributed by atoms with Gasteiger partial charge in [-0.2, -0.15) is 5.10 Å². The number of non-ortho nitro benzene ring substituents is 1. The van der Waals surface area contributed by atoms with Crippen molar-refractivity contribution in [2.75, 3.05) is 11.9 Å². The van der Waals surface area contributed by atoms with E-state index >= 15 is 0 Å². The Labute approximate surface area is 149 Å². The van der Waals surface area contributed by atoms with E-state index in [1.807, 2.05) is 6.92 Å². The molecule has 2 aromatic rings. The minimum atomic E-state index is -0.506. The van der Waals surface area contributed by atoms with E-state index in [1.54, 1.807) is 13.1 Å². The van der Waals surface area contributed by atoms with Crippen molar-refractivity contribution in [2.45, 2.75) is 13.3 Å². The van der Waals surface area contributed by atoms with E-state index in [0.717, 1.165) is 6.42 Å². The molecule has 1 aromatic heterocycles. The molecule has 0 saturated carbocycles. The van der Waals surface area contributed by atoms with E-state index in [4.69, 9.17) is 0 Å². The summed E-state index contributed by atoms with van der Waals surface area (Å²) in [5.41, 5.74) is 0.987. The zero-order valence-corrected chi connectivity index (χ0v) is 14.4. The third-order valence-corrected chi connectivity index (χ3v) is 3.46. The molecular formula is C17H19N5O4. The molecular weight excluding hydrogens is 338 g/mol. The van der Waals surface area contributed by atoms with Crippen molar-refractivity contribution in [1.29, 1.82) is 0 Å². The van der Waals surface area contributed by atoms with E-state index in [9.17, 15) is 19.7 Å². The molecule has 0 aliphatic heterocycles. The molecule has 0 atom stereocenters. The van der Waals surface area contributed by atoms with Crippen molar-refractivity contribution in [3.8, 4) is 0 Å². The molecule has 9 heteroatoms. The Morgan fingerprint density at radius 2 is 2.15 bits per heavy atom. The van der Waals surface area contributed by atoms with Gasteiger partial charge in [-0.1, -0.05) is 19.1 Å². The maximum absolute atomic E-state index is 12.2. The first-order valence-corrected chi connectivity index (χ1v) is 7.96. The number of carbonyl (C=O) groups excluding carboxylic acids is 2. The van der Waals surface area contributed by atoms with Crippen LogP contribution in [0.15, 0.2) is 36.5 Å². The molecule has 2 amide bonds. The summed E-state index contributed by atoms with van der Waals surface area (Å²) >= 11 is 0. The molecule has 0 unspecified atom stereocenters. The van der Waals surface area contributed by atoms with Gasteiger partial charge in [0.25, 0.3) is 11.6 Å². The Balaban J connectivity index is 2.10. The van der Waals surface area contributed by atoms with Gasteiger partial charge in [-0.05, 0) is 18.1 Å². The molecule has 2 N–H and O–H groups in total. The standard InChI is InChI=1S/C17H19N5O4/c1-3-9-18-17(24)16-14(11-19-21(16)2)20-15(23)8-7-12-5-4-6-13(10-12)22(25)26/h4-8,10-11H,3,9H2,1-2H3,(H,18,24)(H,20,23)/b8-7+. The Morgan fingerprint density at radius 3 is 2.85 bits per heavy atom. The van der Waals surface area contributed by atoms with Gasteiger partial charge in [0.2, 0.25) is 5.91 Å². The molecule has 0 fully saturated rings. The average molecular weight is 357 g/mol. The molecule has 2 rings (SSSR count). The quantitative estimate of drug-likeness (QED) is 0.447. The number of nitrogens with zero attached hydrogens (tertiary/aromatic N) is 3.